The van der Waals surface area contributed by atoms with E-state index in [-0.39, 0.29) is 12.5 Å². The Bertz CT molecular complexity index is 527. The quantitative estimate of drug-likeness (QED) is 0.784. The predicted octanol–water partition coefficient (Wildman–Crippen LogP) is 0.769. The third kappa shape index (κ3) is 4.03. The van der Waals surface area contributed by atoms with Crippen LogP contribution >= 0.6 is 0 Å². The van der Waals surface area contributed by atoms with Crippen LogP contribution in [0.4, 0.5) is 0 Å². The zero-order chi connectivity index (χ0) is 15.1. The molecule has 1 aromatic rings. The molecule has 21 heavy (non-hydrogen) atoms. The van der Waals surface area contributed by atoms with E-state index in [1.54, 1.807) is 18.3 Å². The highest BCUT2D eigenvalue weighted by molar-refractivity contribution is 5.92. The number of aliphatic hydroxyl groups is 1. The fourth-order valence-electron chi connectivity index (χ4n) is 2.28. The Morgan fingerprint density at radius 3 is 2.81 bits per heavy atom. The van der Waals surface area contributed by atoms with Gasteiger partial charge in [-0.2, -0.15) is 0 Å². The van der Waals surface area contributed by atoms with Crippen molar-refractivity contribution in [2.24, 2.45) is 5.73 Å². The van der Waals surface area contributed by atoms with Gasteiger partial charge in [0.15, 0.2) is 0 Å². The Morgan fingerprint density at radius 1 is 1.48 bits per heavy atom. The first-order valence-electron chi connectivity index (χ1n) is 7.33. The number of pyridine rings is 1. The number of nitrogens with zero attached hydrogens (tertiary/aromatic N) is 2. The first kappa shape index (κ1) is 15.5. The molecule has 3 N–H and O–H groups in total. The van der Waals surface area contributed by atoms with Crippen molar-refractivity contribution in [2.45, 2.75) is 31.7 Å². The Morgan fingerprint density at radius 2 is 2.29 bits per heavy atom. The fourth-order valence-corrected chi connectivity index (χ4v) is 2.28. The molecule has 0 atom stereocenters. The van der Waals surface area contributed by atoms with E-state index in [2.05, 4.69) is 16.8 Å². The largest absolute Gasteiger partial charge is 0.396 e. The van der Waals surface area contributed by atoms with Crippen LogP contribution in [0.5, 0.6) is 0 Å². The molecule has 0 unspecified atom stereocenters. The van der Waals surface area contributed by atoms with Crippen molar-refractivity contribution in [2.75, 3.05) is 19.7 Å². The van der Waals surface area contributed by atoms with Crippen LogP contribution in [0, 0.1) is 11.8 Å². The Balaban J connectivity index is 2.08. The summed E-state index contributed by atoms with van der Waals surface area (Å²) in [5, 5.41) is 8.98. The molecular formula is C16H21N3O2. The molecule has 1 aromatic heterocycles. The summed E-state index contributed by atoms with van der Waals surface area (Å²) < 4.78 is 0. The van der Waals surface area contributed by atoms with Gasteiger partial charge in [-0.25, -0.2) is 4.98 Å². The highest BCUT2D eigenvalue weighted by Crippen LogP contribution is 2.26. The lowest BCUT2D eigenvalue weighted by Crippen LogP contribution is -2.45. The van der Waals surface area contributed by atoms with E-state index < -0.39 is 0 Å². The van der Waals surface area contributed by atoms with Crippen LogP contribution in [0.25, 0.3) is 0 Å². The molecule has 0 aliphatic heterocycles. The summed E-state index contributed by atoms with van der Waals surface area (Å²) >= 11 is 0. The third-order valence-corrected chi connectivity index (χ3v) is 3.65. The van der Waals surface area contributed by atoms with E-state index >= 15 is 0 Å². The lowest BCUT2D eigenvalue weighted by molar-refractivity contribution is 0.0556. The lowest BCUT2D eigenvalue weighted by Gasteiger charge is -2.37. The molecule has 0 radical (unpaired) electrons. The third-order valence-electron chi connectivity index (χ3n) is 3.65. The topological polar surface area (TPSA) is 79.5 Å². The standard InChI is InChI=1S/C16H21N3O2/c17-9-2-4-13-7-8-15(18-12-13)16(21)19(10-3-11-20)14-5-1-6-14/h7-8,12,14,20H,1,3,5-6,9-11,17H2. The van der Waals surface area contributed by atoms with E-state index in [1.807, 2.05) is 4.90 Å². The molecule has 1 saturated carbocycles. The maximum atomic E-state index is 12.5. The summed E-state index contributed by atoms with van der Waals surface area (Å²) in [5.41, 5.74) is 6.50. The van der Waals surface area contributed by atoms with Crippen molar-refractivity contribution >= 4 is 5.91 Å². The maximum absolute atomic E-state index is 12.5. The Hall–Kier alpha value is -1.90. The number of carbonyl (C=O) groups excluding carboxylic acids is 1. The average Bonchev–Trinajstić information content (AvgIpc) is 2.47. The number of aliphatic hydroxyl groups excluding tert-OH is 1. The van der Waals surface area contributed by atoms with Gasteiger partial charge in [-0.05, 0) is 37.8 Å². The minimum absolute atomic E-state index is 0.0634. The second-order valence-corrected chi connectivity index (χ2v) is 5.10. The molecule has 5 nitrogen and oxygen atoms in total. The number of amides is 1. The van der Waals surface area contributed by atoms with Crippen LogP contribution < -0.4 is 5.73 Å². The summed E-state index contributed by atoms with van der Waals surface area (Å²) in [4.78, 5) is 18.6. The smallest absolute Gasteiger partial charge is 0.272 e. The van der Waals surface area contributed by atoms with Crippen LogP contribution in [0.3, 0.4) is 0 Å². The van der Waals surface area contributed by atoms with Gasteiger partial charge in [0, 0.05) is 31.0 Å². The number of hydrogen-bond acceptors (Lipinski definition) is 4. The number of rotatable bonds is 5. The van der Waals surface area contributed by atoms with Crippen molar-refractivity contribution in [3.8, 4) is 11.8 Å². The van der Waals surface area contributed by atoms with E-state index in [0.717, 1.165) is 24.8 Å². The van der Waals surface area contributed by atoms with Crippen LogP contribution in [-0.2, 0) is 0 Å². The van der Waals surface area contributed by atoms with Crippen LogP contribution in [0.15, 0.2) is 18.3 Å². The van der Waals surface area contributed by atoms with Gasteiger partial charge in [-0.15, -0.1) is 0 Å². The minimum atomic E-state index is -0.0634. The highest BCUT2D eigenvalue weighted by atomic mass is 16.3. The molecule has 1 heterocycles. The maximum Gasteiger partial charge on any atom is 0.272 e. The van der Waals surface area contributed by atoms with Crippen molar-refractivity contribution in [3.63, 3.8) is 0 Å². The molecule has 5 heteroatoms. The van der Waals surface area contributed by atoms with Gasteiger partial charge in [0.25, 0.3) is 5.91 Å². The molecule has 0 spiro atoms. The molecule has 0 bridgehead atoms. The zero-order valence-electron chi connectivity index (χ0n) is 12.1. The van der Waals surface area contributed by atoms with E-state index in [9.17, 15) is 4.79 Å². The molecule has 0 aromatic carbocycles. The van der Waals surface area contributed by atoms with Crippen LogP contribution in [-0.4, -0.2) is 46.6 Å². The number of carbonyl (C=O) groups is 1. The van der Waals surface area contributed by atoms with Gasteiger partial charge in [0.2, 0.25) is 0 Å². The molecule has 112 valence electrons. The lowest BCUT2D eigenvalue weighted by atomic mass is 9.91. The molecule has 1 aliphatic carbocycles. The second kappa shape index (κ2) is 7.77. The van der Waals surface area contributed by atoms with Gasteiger partial charge in [-0.3, -0.25) is 4.79 Å². The molecule has 1 aliphatic rings. The van der Waals surface area contributed by atoms with E-state index in [1.165, 1.54) is 0 Å². The number of aromatic nitrogens is 1. The molecule has 0 saturated heterocycles. The van der Waals surface area contributed by atoms with Gasteiger partial charge < -0.3 is 15.7 Å². The van der Waals surface area contributed by atoms with Crippen molar-refractivity contribution in [1.29, 1.82) is 0 Å². The number of nitrogens with two attached hydrogens (primary N) is 1. The predicted molar refractivity (Wildman–Crippen MR) is 80.5 cm³/mol. The average molecular weight is 287 g/mol. The van der Waals surface area contributed by atoms with Crippen molar-refractivity contribution in [3.05, 3.63) is 29.6 Å². The SMILES string of the molecule is NCC#Cc1ccc(C(=O)N(CCCO)C2CCC2)nc1. The van der Waals surface area contributed by atoms with E-state index in [0.29, 0.717) is 31.2 Å². The monoisotopic (exact) mass is 287 g/mol. The highest BCUT2D eigenvalue weighted by Gasteiger charge is 2.29. The summed E-state index contributed by atoms with van der Waals surface area (Å²) in [6.45, 7) is 0.977. The Kier molecular flexibility index (Phi) is 5.73. The molecule has 2 rings (SSSR count). The molecule has 1 amide bonds. The van der Waals surface area contributed by atoms with Crippen LogP contribution in [0.1, 0.15) is 41.7 Å². The molecule has 1 fully saturated rings. The minimum Gasteiger partial charge on any atom is -0.396 e. The van der Waals surface area contributed by atoms with Crippen molar-refractivity contribution < 1.29 is 9.90 Å². The Labute approximate surface area is 125 Å². The number of hydrogen-bond donors (Lipinski definition) is 2. The zero-order valence-corrected chi connectivity index (χ0v) is 12.1. The second-order valence-electron chi connectivity index (χ2n) is 5.10. The van der Waals surface area contributed by atoms with Crippen LogP contribution in [0.2, 0.25) is 0 Å². The fraction of sp³-hybridized carbons (Fsp3) is 0.500. The normalized spacial score (nSPS) is 14.0. The van der Waals surface area contributed by atoms with Gasteiger partial charge in [0.05, 0.1) is 6.54 Å². The van der Waals surface area contributed by atoms with E-state index in [4.69, 9.17) is 10.8 Å². The molecular weight excluding hydrogens is 266 g/mol. The summed E-state index contributed by atoms with van der Waals surface area (Å²) in [7, 11) is 0. The summed E-state index contributed by atoms with van der Waals surface area (Å²) in [5.74, 6) is 5.58. The van der Waals surface area contributed by atoms with Gasteiger partial charge >= 0.3 is 0 Å². The summed E-state index contributed by atoms with van der Waals surface area (Å²) in [6, 6.07) is 3.78. The summed E-state index contributed by atoms with van der Waals surface area (Å²) in [6.07, 6.45) is 5.44. The first-order chi connectivity index (χ1) is 10.3. The first-order valence-corrected chi connectivity index (χ1v) is 7.33. The van der Waals surface area contributed by atoms with Gasteiger partial charge in [0.1, 0.15) is 5.69 Å². The van der Waals surface area contributed by atoms with Crippen molar-refractivity contribution in [1.82, 2.24) is 9.88 Å². The van der Waals surface area contributed by atoms with Gasteiger partial charge in [-0.1, -0.05) is 11.8 Å².